The van der Waals surface area contributed by atoms with Gasteiger partial charge in [0.05, 0.1) is 27.4 Å². The predicted octanol–water partition coefficient (Wildman–Crippen LogP) is 1.10. The van der Waals surface area contributed by atoms with E-state index >= 15 is 0 Å². The Bertz CT molecular complexity index is 482. The molecule has 0 aromatic carbocycles. The third-order valence-electron chi connectivity index (χ3n) is 2.48. The van der Waals surface area contributed by atoms with E-state index in [1.807, 2.05) is 13.8 Å². The fraction of sp³-hybridized carbons (Fsp3) is 0.700. The number of nitrogens with two attached hydrogens (primary N) is 1. The highest BCUT2D eigenvalue weighted by molar-refractivity contribution is 9.10. The van der Waals surface area contributed by atoms with E-state index in [9.17, 15) is 8.42 Å². The van der Waals surface area contributed by atoms with E-state index in [0.29, 0.717) is 6.54 Å². The predicted molar refractivity (Wildman–Crippen MR) is 71.5 cm³/mol. The summed E-state index contributed by atoms with van der Waals surface area (Å²) in [7, 11) is -3.15. The minimum absolute atomic E-state index is 0.00831. The molecule has 0 saturated heterocycles. The Kier molecular flexibility index (Phi) is 5.15. The molecule has 1 aromatic heterocycles. The van der Waals surface area contributed by atoms with Gasteiger partial charge in [0.2, 0.25) is 0 Å². The molecule has 0 spiro atoms. The molecule has 0 aliphatic heterocycles. The van der Waals surface area contributed by atoms with Gasteiger partial charge in [-0.25, -0.2) is 8.42 Å². The summed E-state index contributed by atoms with van der Waals surface area (Å²) in [6.45, 7) is 4.75. The first-order valence-electron chi connectivity index (χ1n) is 5.59. The largest absolute Gasteiger partial charge is 0.329 e. The minimum atomic E-state index is -3.15. The number of hydrogen-bond donors (Lipinski definition) is 1. The van der Waals surface area contributed by atoms with Crippen LogP contribution in [0.3, 0.4) is 0 Å². The van der Waals surface area contributed by atoms with Gasteiger partial charge in [0, 0.05) is 13.1 Å². The van der Waals surface area contributed by atoms with Crippen molar-refractivity contribution in [1.29, 1.82) is 0 Å². The van der Waals surface area contributed by atoms with Gasteiger partial charge in [0.15, 0.2) is 9.84 Å². The van der Waals surface area contributed by atoms with Crippen LogP contribution in [0.1, 0.15) is 25.2 Å². The van der Waals surface area contributed by atoms with Crippen molar-refractivity contribution in [2.75, 3.05) is 12.3 Å². The Morgan fingerprint density at radius 3 is 2.53 bits per heavy atom. The maximum Gasteiger partial charge on any atom is 0.157 e. The fourth-order valence-corrected chi connectivity index (χ4v) is 3.72. The molecule has 0 bridgehead atoms. The molecule has 1 rings (SSSR count). The standard InChI is InChI=1S/C10H18BrN3O2S/c1-3-8-10(11)9(14(4-2)13-8)7-17(15,16)6-5-12/h3-7,12H2,1-2H3. The summed E-state index contributed by atoms with van der Waals surface area (Å²) in [5.41, 5.74) is 6.91. The monoisotopic (exact) mass is 323 g/mol. The number of hydrogen-bond acceptors (Lipinski definition) is 4. The molecule has 0 amide bonds. The van der Waals surface area contributed by atoms with Gasteiger partial charge in [-0.3, -0.25) is 4.68 Å². The number of rotatable bonds is 6. The second kappa shape index (κ2) is 5.97. The zero-order chi connectivity index (χ0) is 13.1. The summed E-state index contributed by atoms with van der Waals surface area (Å²) in [5, 5.41) is 4.37. The molecule has 98 valence electrons. The molecule has 17 heavy (non-hydrogen) atoms. The summed E-state index contributed by atoms with van der Waals surface area (Å²) in [4.78, 5) is 0. The Hall–Kier alpha value is -0.400. The molecule has 0 fully saturated rings. The highest BCUT2D eigenvalue weighted by atomic mass is 79.9. The number of aromatic nitrogens is 2. The van der Waals surface area contributed by atoms with Crippen LogP contribution in [0.25, 0.3) is 0 Å². The number of nitrogens with zero attached hydrogens (tertiary/aromatic N) is 2. The van der Waals surface area contributed by atoms with Crippen molar-refractivity contribution < 1.29 is 8.42 Å². The van der Waals surface area contributed by atoms with Crippen LogP contribution >= 0.6 is 15.9 Å². The summed E-state index contributed by atoms with van der Waals surface area (Å²) in [5.74, 6) is 0.00140. The smallest absolute Gasteiger partial charge is 0.157 e. The first-order valence-corrected chi connectivity index (χ1v) is 8.21. The number of sulfone groups is 1. The van der Waals surface area contributed by atoms with Crippen LogP contribution in [0, 0.1) is 0 Å². The van der Waals surface area contributed by atoms with Crippen LogP contribution in [0.5, 0.6) is 0 Å². The molecule has 0 unspecified atom stereocenters. The Balaban J connectivity index is 3.09. The van der Waals surface area contributed by atoms with Crippen molar-refractivity contribution in [1.82, 2.24) is 9.78 Å². The van der Waals surface area contributed by atoms with E-state index in [4.69, 9.17) is 5.73 Å². The van der Waals surface area contributed by atoms with Crippen molar-refractivity contribution in [2.45, 2.75) is 32.6 Å². The molecular weight excluding hydrogens is 306 g/mol. The van der Waals surface area contributed by atoms with Crippen molar-refractivity contribution >= 4 is 25.8 Å². The highest BCUT2D eigenvalue weighted by Crippen LogP contribution is 2.24. The second-order valence-electron chi connectivity index (χ2n) is 3.76. The van der Waals surface area contributed by atoms with E-state index in [0.717, 1.165) is 22.3 Å². The molecule has 1 aromatic rings. The minimum Gasteiger partial charge on any atom is -0.329 e. The summed E-state index contributed by atoms with van der Waals surface area (Å²) in [6, 6.07) is 0. The Morgan fingerprint density at radius 1 is 1.41 bits per heavy atom. The summed E-state index contributed by atoms with van der Waals surface area (Å²) >= 11 is 3.43. The van der Waals surface area contributed by atoms with Crippen LogP contribution in [0.2, 0.25) is 0 Å². The van der Waals surface area contributed by atoms with E-state index in [-0.39, 0.29) is 18.1 Å². The van der Waals surface area contributed by atoms with Crippen molar-refractivity contribution in [2.24, 2.45) is 5.73 Å². The van der Waals surface area contributed by atoms with Crippen LogP contribution in [0.15, 0.2) is 4.47 Å². The Labute approximate surface area is 110 Å². The molecule has 0 aliphatic carbocycles. The van der Waals surface area contributed by atoms with Gasteiger partial charge in [-0.2, -0.15) is 5.10 Å². The summed E-state index contributed by atoms with van der Waals surface area (Å²) in [6.07, 6.45) is 0.775. The lowest BCUT2D eigenvalue weighted by Gasteiger charge is -2.06. The van der Waals surface area contributed by atoms with Gasteiger partial charge in [-0.05, 0) is 29.3 Å². The SMILES string of the molecule is CCc1nn(CC)c(CS(=O)(=O)CCN)c1Br. The van der Waals surface area contributed by atoms with Gasteiger partial charge >= 0.3 is 0 Å². The maximum absolute atomic E-state index is 11.8. The molecule has 5 nitrogen and oxygen atoms in total. The average molecular weight is 324 g/mol. The van der Waals surface area contributed by atoms with Crippen molar-refractivity contribution in [3.63, 3.8) is 0 Å². The molecular formula is C10H18BrN3O2S. The molecule has 0 aliphatic rings. The normalized spacial score (nSPS) is 12.0. The second-order valence-corrected chi connectivity index (χ2v) is 6.73. The zero-order valence-electron chi connectivity index (χ0n) is 10.1. The van der Waals surface area contributed by atoms with Crippen LogP contribution < -0.4 is 5.73 Å². The Morgan fingerprint density at radius 2 is 2.06 bits per heavy atom. The molecule has 7 heteroatoms. The van der Waals surface area contributed by atoms with Gasteiger partial charge in [-0.15, -0.1) is 0 Å². The average Bonchev–Trinajstić information content (AvgIpc) is 2.55. The molecule has 0 saturated carbocycles. The lowest BCUT2D eigenvalue weighted by Crippen LogP contribution is -2.19. The fourth-order valence-electron chi connectivity index (χ4n) is 1.62. The molecule has 0 radical (unpaired) electrons. The first kappa shape index (κ1) is 14.7. The zero-order valence-corrected chi connectivity index (χ0v) is 12.5. The van der Waals surface area contributed by atoms with Crippen LogP contribution in [-0.4, -0.2) is 30.5 Å². The van der Waals surface area contributed by atoms with Crippen LogP contribution in [-0.2, 0) is 28.6 Å². The quantitative estimate of drug-likeness (QED) is 0.850. The van der Waals surface area contributed by atoms with Gasteiger partial charge in [0.1, 0.15) is 0 Å². The van der Waals surface area contributed by atoms with Gasteiger partial charge < -0.3 is 5.73 Å². The van der Waals surface area contributed by atoms with Crippen molar-refractivity contribution in [3.8, 4) is 0 Å². The lowest BCUT2D eigenvalue weighted by atomic mass is 10.3. The van der Waals surface area contributed by atoms with Gasteiger partial charge in [-0.1, -0.05) is 6.92 Å². The van der Waals surface area contributed by atoms with E-state index in [2.05, 4.69) is 21.0 Å². The molecule has 2 N–H and O–H groups in total. The number of aryl methyl sites for hydroxylation is 2. The van der Waals surface area contributed by atoms with E-state index < -0.39 is 9.84 Å². The number of halogens is 1. The van der Waals surface area contributed by atoms with Crippen molar-refractivity contribution in [3.05, 3.63) is 15.9 Å². The third kappa shape index (κ3) is 3.53. The van der Waals surface area contributed by atoms with E-state index in [1.54, 1.807) is 4.68 Å². The van der Waals surface area contributed by atoms with Gasteiger partial charge in [0.25, 0.3) is 0 Å². The third-order valence-corrected chi connectivity index (χ3v) is 4.97. The summed E-state index contributed by atoms with van der Waals surface area (Å²) < 4.78 is 26.1. The lowest BCUT2D eigenvalue weighted by molar-refractivity contribution is 0.585. The highest BCUT2D eigenvalue weighted by Gasteiger charge is 2.20. The molecule has 0 atom stereocenters. The maximum atomic E-state index is 11.8. The topological polar surface area (TPSA) is 78.0 Å². The first-order chi connectivity index (χ1) is 7.95. The van der Waals surface area contributed by atoms with E-state index in [1.165, 1.54) is 0 Å². The van der Waals surface area contributed by atoms with Crippen LogP contribution in [0.4, 0.5) is 0 Å². The molecule has 1 heterocycles.